The number of aliphatic carboxylic acids is 1. The van der Waals surface area contributed by atoms with Gasteiger partial charge in [0.15, 0.2) is 5.78 Å². The van der Waals surface area contributed by atoms with Gasteiger partial charge in [-0.25, -0.2) is 0 Å². The van der Waals surface area contributed by atoms with Gasteiger partial charge in [-0.05, 0) is 52.6 Å². The number of fused-ring (bicyclic) bond motifs is 1. The highest BCUT2D eigenvalue weighted by Gasteiger charge is 2.37. The molecule has 0 heterocycles. The van der Waals surface area contributed by atoms with Crippen molar-refractivity contribution in [2.45, 2.75) is 31.8 Å². The van der Waals surface area contributed by atoms with Crippen LogP contribution in [0.15, 0.2) is 60.7 Å². The molecule has 0 saturated heterocycles. The second-order valence-corrected chi connectivity index (χ2v) is 8.43. The molecule has 10 nitrogen and oxygen atoms in total. The molecule has 3 rings (SSSR count). The number of benzene rings is 3. The number of ketones is 1. The van der Waals surface area contributed by atoms with Gasteiger partial charge >= 0.3 is 11.9 Å². The first-order chi connectivity index (χ1) is 17.1. The third kappa shape index (κ3) is 6.56. The summed E-state index contributed by atoms with van der Waals surface area (Å²) >= 11 is 0. The first kappa shape index (κ1) is 26.1. The number of carbonyl (C=O) groups is 3. The van der Waals surface area contributed by atoms with Crippen LogP contribution >= 0.6 is 0 Å². The van der Waals surface area contributed by atoms with E-state index in [4.69, 9.17) is 9.47 Å². The fraction of sp³-hybridized carbons (Fsp3) is 0.269. The Labute approximate surface area is 206 Å². The quantitative estimate of drug-likeness (QED) is 0.226. The van der Waals surface area contributed by atoms with Gasteiger partial charge < -0.3 is 19.4 Å². The van der Waals surface area contributed by atoms with E-state index >= 15 is 0 Å². The van der Waals surface area contributed by atoms with Gasteiger partial charge in [-0.3, -0.25) is 14.4 Å². The Bertz CT molecular complexity index is 1290. The Kier molecular flexibility index (Phi) is 8.21. The molecule has 10 heteroatoms. The van der Waals surface area contributed by atoms with E-state index < -0.39 is 34.8 Å². The monoisotopic (exact) mass is 495 g/mol. The van der Waals surface area contributed by atoms with Gasteiger partial charge in [0, 0.05) is 6.42 Å². The number of ether oxygens (including phenoxy) is 2. The molecule has 0 aromatic heterocycles. The van der Waals surface area contributed by atoms with Crippen molar-refractivity contribution in [3.63, 3.8) is 0 Å². The number of nitrogens with zero attached hydrogens (tertiary/aromatic N) is 1. The van der Waals surface area contributed by atoms with Gasteiger partial charge in [0.05, 0.1) is 18.9 Å². The maximum absolute atomic E-state index is 12.6. The molecule has 3 aromatic carbocycles. The molecular weight excluding hydrogens is 470 g/mol. The molecule has 0 radical (unpaired) electrons. The molecule has 0 fully saturated rings. The van der Waals surface area contributed by atoms with Crippen molar-refractivity contribution in [1.82, 2.24) is 0 Å². The Morgan fingerprint density at radius 1 is 0.972 bits per heavy atom. The lowest BCUT2D eigenvalue weighted by atomic mass is 9.77. The van der Waals surface area contributed by atoms with Crippen LogP contribution in [0.5, 0.6) is 5.75 Å². The minimum absolute atomic E-state index is 0.117. The molecule has 0 saturated carbocycles. The molecule has 36 heavy (non-hydrogen) atoms. The number of carbonyl (C=O) groups excluding carboxylic acids is 2. The van der Waals surface area contributed by atoms with Crippen LogP contribution in [0.1, 0.15) is 30.0 Å². The fourth-order valence-corrected chi connectivity index (χ4v) is 3.70. The Morgan fingerprint density at radius 3 is 2.25 bits per heavy atom. The van der Waals surface area contributed by atoms with Crippen LogP contribution in [0.25, 0.3) is 10.8 Å². The molecule has 188 valence electrons. The average molecular weight is 495 g/mol. The van der Waals surface area contributed by atoms with Gasteiger partial charge in [0.25, 0.3) is 5.09 Å². The summed E-state index contributed by atoms with van der Waals surface area (Å²) in [5.41, 5.74) is 0.0768. The van der Waals surface area contributed by atoms with Crippen molar-refractivity contribution in [2.75, 3.05) is 13.7 Å². The molecule has 3 aromatic rings. The summed E-state index contributed by atoms with van der Waals surface area (Å²) in [6.07, 6.45) is -0.476. The average Bonchev–Trinajstić information content (AvgIpc) is 2.86. The Hall–Kier alpha value is -4.47. The van der Waals surface area contributed by atoms with E-state index in [1.54, 1.807) is 55.6 Å². The summed E-state index contributed by atoms with van der Waals surface area (Å²) in [5, 5.41) is 20.9. The molecule has 0 bridgehead atoms. The maximum atomic E-state index is 12.6. The van der Waals surface area contributed by atoms with Gasteiger partial charge in [0.1, 0.15) is 19.0 Å². The van der Waals surface area contributed by atoms with Gasteiger partial charge in [-0.1, -0.05) is 42.5 Å². The van der Waals surface area contributed by atoms with E-state index in [0.29, 0.717) is 22.4 Å². The normalized spacial score (nSPS) is 12.4. The number of esters is 1. The van der Waals surface area contributed by atoms with E-state index in [1.807, 2.05) is 12.1 Å². The summed E-state index contributed by atoms with van der Waals surface area (Å²) in [6, 6.07) is 16.9. The second kappa shape index (κ2) is 11.3. The minimum Gasteiger partial charge on any atom is -0.497 e. The van der Waals surface area contributed by atoms with Crippen LogP contribution in [-0.2, 0) is 42.4 Å². The highest BCUT2D eigenvalue weighted by molar-refractivity contribution is 5.93. The fourth-order valence-electron chi connectivity index (χ4n) is 3.70. The highest BCUT2D eigenvalue weighted by Crippen LogP contribution is 2.32. The first-order valence-electron chi connectivity index (χ1n) is 10.9. The van der Waals surface area contributed by atoms with Crippen LogP contribution in [0, 0.1) is 10.1 Å². The van der Waals surface area contributed by atoms with Gasteiger partial charge in [0.2, 0.25) is 0 Å². The third-order valence-electron chi connectivity index (χ3n) is 5.81. The Balaban J connectivity index is 1.60. The number of rotatable bonds is 12. The van der Waals surface area contributed by atoms with Crippen molar-refractivity contribution in [1.29, 1.82) is 0 Å². The molecule has 1 N–H and O–H groups in total. The zero-order valence-electron chi connectivity index (χ0n) is 19.8. The molecule has 0 aliphatic carbocycles. The lowest BCUT2D eigenvalue weighted by Gasteiger charge is -2.25. The van der Waals surface area contributed by atoms with Crippen molar-refractivity contribution in [3.05, 3.63) is 87.5 Å². The van der Waals surface area contributed by atoms with Gasteiger partial charge in [-0.2, -0.15) is 0 Å². The number of Topliss-reactive ketones (excluding diaryl/α,β-unsaturated/α-hetero) is 1. The van der Waals surface area contributed by atoms with E-state index in [2.05, 4.69) is 4.84 Å². The summed E-state index contributed by atoms with van der Waals surface area (Å²) in [5.74, 6) is -1.69. The lowest BCUT2D eigenvalue weighted by molar-refractivity contribution is -0.763. The van der Waals surface area contributed by atoms with E-state index in [1.165, 1.54) is 6.92 Å². The number of carboxylic acids is 1. The van der Waals surface area contributed by atoms with Crippen LogP contribution in [0.3, 0.4) is 0 Å². The van der Waals surface area contributed by atoms with Crippen molar-refractivity contribution in [3.8, 4) is 5.75 Å². The molecular formula is C26H25NO9. The SMILES string of the molecule is COc1ccc2cc([C@](C)(CC(=O)COC(=O)Cc3ccc(CO[N+](=O)[O-])cc3)C(=O)O)ccc2c1. The van der Waals surface area contributed by atoms with Crippen LogP contribution in [0.4, 0.5) is 0 Å². The van der Waals surface area contributed by atoms with E-state index in [9.17, 15) is 29.6 Å². The van der Waals surface area contributed by atoms with Crippen LogP contribution in [-0.4, -0.2) is 41.6 Å². The summed E-state index contributed by atoms with van der Waals surface area (Å²) in [6.45, 7) is 0.700. The maximum Gasteiger partial charge on any atom is 0.314 e. The predicted octanol–water partition coefficient (Wildman–Crippen LogP) is 3.64. The number of carboxylic acid groups (broad SMARTS) is 1. The molecule has 0 amide bonds. The summed E-state index contributed by atoms with van der Waals surface area (Å²) in [4.78, 5) is 51.4. The summed E-state index contributed by atoms with van der Waals surface area (Å²) in [7, 11) is 1.56. The van der Waals surface area contributed by atoms with Crippen molar-refractivity contribution in [2.24, 2.45) is 0 Å². The Morgan fingerprint density at radius 2 is 1.61 bits per heavy atom. The first-order valence-corrected chi connectivity index (χ1v) is 10.9. The predicted molar refractivity (Wildman–Crippen MR) is 128 cm³/mol. The molecule has 0 aliphatic heterocycles. The number of methoxy groups -OCH3 is 1. The van der Waals surface area contributed by atoms with E-state index in [-0.39, 0.29) is 19.4 Å². The molecule has 1 atom stereocenters. The summed E-state index contributed by atoms with van der Waals surface area (Å²) < 4.78 is 10.3. The zero-order chi connectivity index (χ0) is 26.3. The standard InChI is InChI=1S/C26H25NO9/c1-26(25(30)31,21-9-7-20-13-23(34-2)10-8-19(20)12-21)14-22(28)16-35-24(29)11-17-3-5-18(6-4-17)15-36-27(32)33/h3-10,12-13H,11,14-16H2,1-2H3,(H,30,31)/t26-/m0/s1. The van der Waals surface area contributed by atoms with Gasteiger partial charge in [-0.15, -0.1) is 10.1 Å². The van der Waals surface area contributed by atoms with Crippen molar-refractivity contribution < 1.29 is 38.9 Å². The zero-order valence-corrected chi connectivity index (χ0v) is 19.8. The highest BCUT2D eigenvalue weighted by atomic mass is 16.9. The number of hydrogen-bond donors (Lipinski definition) is 1. The molecule has 0 spiro atoms. The lowest BCUT2D eigenvalue weighted by Crippen LogP contribution is -2.36. The third-order valence-corrected chi connectivity index (χ3v) is 5.81. The number of hydrogen-bond acceptors (Lipinski definition) is 8. The van der Waals surface area contributed by atoms with Crippen LogP contribution < -0.4 is 4.74 Å². The smallest absolute Gasteiger partial charge is 0.314 e. The second-order valence-electron chi connectivity index (χ2n) is 8.43. The topological polar surface area (TPSA) is 142 Å². The van der Waals surface area contributed by atoms with Crippen LogP contribution in [0.2, 0.25) is 0 Å². The van der Waals surface area contributed by atoms with Crippen molar-refractivity contribution >= 4 is 28.5 Å². The minimum atomic E-state index is -1.51. The molecule has 0 unspecified atom stereocenters. The van der Waals surface area contributed by atoms with E-state index in [0.717, 1.165) is 10.8 Å². The molecule has 0 aliphatic rings. The largest absolute Gasteiger partial charge is 0.497 e.